The van der Waals surface area contributed by atoms with Crippen LogP contribution < -0.4 is 10.2 Å². The van der Waals surface area contributed by atoms with Crippen LogP contribution in [-0.4, -0.2) is 28.1 Å². The SMILES string of the molecule is CC1CCCCN1c1cnc(CNC(C)(C)C)cn1. The Morgan fingerprint density at radius 3 is 2.63 bits per heavy atom. The van der Waals surface area contributed by atoms with Gasteiger partial charge in [0.2, 0.25) is 0 Å². The van der Waals surface area contributed by atoms with Crippen molar-refractivity contribution in [3.63, 3.8) is 0 Å². The van der Waals surface area contributed by atoms with Gasteiger partial charge in [-0.2, -0.15) is 0 Å². The number of anilines is 1. The highest BCUT2D eigenvalue weighted by molar-refractivity contribution is 5.37. The molecule has 1 aromatic heterocycles. The average molecular weight is 262 g/mol. The maximum atomic E-state index is 4.58. The van der Waals surface area contributed by atoms with E-state index in [0.29, 0.717) is 6.04 Å². The van der Waals surface area contributed by atoms with Crippen molar-refractivity contribution < 1.29 is 0 Å². The Labute approximate surface area is 116 Å². The number of piperidine rings is 1. The van der Waals surface area contributed by atoms with Gasteiger partial charge in [0.05, 0.1) is 18.1 Å². The predicted octanol–water partition coefficient (Wildman–Crippen LogP) is 2.74. The van der Waals surface area contributed by atoms with Gasteiger partial charge in [0.1, 0.15) is 5.82 Å². The van der Waals surface area contributed by atoms with Gasteiger partial charge >= 0.3 is 0 Å². The standard InChI is InChI=1S/C15H26N4/c1-12-7-5-6-8-19(12)14-11-16-13(9-17-14)10-18-15(2,3)4/h9,11-12,18H,5-8,10H2,1-4H3. The maximum absolute atomic E-state index is 4.58. The zero-order chi connectivity index (χ0) is 13.9. The van der Waals surface area contributed by atoms with Gasteiger partial charge in [-0.05, 0) is 47.0 Å². The van der Waals surface area contributed by atoms with Crippen molar-refractivity contribution in [3.05, 3.63) is 18.1 Å². The third kappa shape index (κ3) is 4.16. The lowest BCUT2D eigenvalue weighted by Gasteiger charge is -2.34. The molecule has 0 bridgehead atoms. The van der Waals surface area contributed by atoms with Crippen molar-refractivity contribution in [1.29, 1.82) is 0 Å². The molecule has 2 heterocycles. The predicted molar refractivity (Wildman–Crippen MR) is 79.3 cm³/mol. The van der Waals surface area contributed by atoms with Crippen LogP contribution in [0.1, 0.15) is 52.7 Å². The summed E-state index contributed by atoms with van der Waals surface area (Å²) in [4.78, 5) is 11.5. The minimum atomic E-state index is 0.113. The number of aromatic nitrogens is 2. The normalized spacial score (nSPS) is 20.6. The fourth-order valence-electron chi connectivity index (χ4n) is 2.38. The molecule has 1 unspecified atom stereocenters. The van der Waals surface area contributed by atoms with E-state index in [4.69, 9.17) is 0 Å². The summed E-state index contributed by atoms with van der Waals surface area (Å²) in [5.74, 6) is 1.02. The van der Waals surface area contributed by atoms with Gasteiger partial charge in [-0.1, -0.05) is 0 Å². The fourth-order valence-corrected chi connectivity index (χ4v) is 2.38. The van der Waals surface area contributed by atoms with Crippen LogP contribution in [0.3, 0.4) is 0 Å². The number of hydrogen-bond acceptors (Lipinski definition) is 4. The largest absolute Gasteiger partial charge is 0.353 e. The number of rotatable bonds is 3. The summed E-state index contributed by atoms with van der Waals surface area (Å²) < 4.78 is 0. The molecule has 1 atom stereocenters. The van der Waals surface area contributed by atoms with Crippen molar-refractivity contribution in [3.8, 4) is 0 Å². The first-order valence-electron chi connectivity index (χ1n) is 7.28. The van der Waals surface area contributed by atoms with Crippen molar-refractivity contribution in [2.75, 3.05) is 11.4 Å². The Kier molecular flexibility index (Phi) is 4.40. The van der Waals surface area contributed by atoms with Gasteiger partial charge in [-0.15, -0.1) is 0 Å². The summed E-state index contributed by atoms with van der Waals surface area (Å²) in [5.41, 5.74) is 1.12. The highest BCUT2D eigenvalue weighted by Crippen LogP contribution is 2.21. The molecule has 1 aliphatic rings. The number of nitrogens with zero attached hydrogens (tertiary/aromatic N) is 3. The van der Waals surface area contributed by atoms with Crippen LogP contribution in [0.15, 0.2) is 12.4 Å². The van der Waals surface area contributed by atoms with Crippen LogP contribution in [0.2, 0.25) is 0 Å². The smallest absolute Gasteiger partial charge is 0.147 e. The van der Waals surface area contributed by atoms with Crippen LogP contribution in [-0.2, 0) is 6.54 Å². The van der Waals surface area contributed by atoms with Gasteiger partial charge in [-0.3, -0.25) is 4.98 Å². The topological polar surface area (TPSA) is 41.1 Å². The highest BCUT2D eigenvalue weighted by Gasteiger charge is 2.19. The Morgan fingerprint density at radius 2 is 2.05 bits per heavy atom. The summed E-state index contributed by atoms with van der Waals surface area (Å²) in [7, 11) is 0. The average Bonchev–Trinajstić information content (AvgIpc) is 2.37. The van der Waals surface area contributed by atoms with Crippen LogP contribution in [0, 0.1) is 0 Å². The summed E-state index contributed by atoms with van der Waals surface area (Å²) in [5, 5.41) is 3.43. The molecule has 0 aromatic carbocycles. The Hall–Kier alpha value is -1.16. The second-order valence-corrected chi connectivity index (χ2v) is 6.51. The lowest BCUT2D eigenvalue weighted by atomic mass is 10.0. The first kappa shape index (κ1) is 14.3. The van der Waals surface area contributed by atoms with Crippen molar-refractivity contribution in [2.24, 2.45) is 0 Å². The molecule has 4 heteroatoms. The molecule has 19 heavy (non-hydrogen) atoms. The monoisotopic (exact) mass is 262 g/mol. The molecular weight excluding hydrogens is 236 g/mol. The van der Waals surface area contributed by atoms with E-state index in [1.807, 2.05) is 12.4 Å². The van der Waals surface area contributed by atoms with Crippen molar-refractivity contribution >= 4 is 5.82 Å². The maximum Gasteiger partial charge on any atom is 0.147 e. The van der Waals surface area contributed by atoms with E-state index in [1.165, 1.54) is 19.3 Å². The zero-order valence-corrected chi connectivity index (χ0v) is 12.6. The van der Waals surface area contributed by atoms with Gasteiger partial charge in [-0.25, -0.2) is 4.98 Å². The number of nitrogens with one attached hydrogen (secondary N) is 1. The molecule has 1 N–H and O–H groups in total. The molecule has 0 radical (unpaired) electrons. The fraction of sp³-hybridized carbons (Fsp3) is 0.733. The van der Waals surface area contributed by atoms with E-state index in [9.17, 15) is 0 Å². The molecule has 4 nitrogen and oxygen atoms in total. The van der Waals surface area contributed by atoms with Gasteiger partial charge < -0.3 is 10.2 Å². The lowest BCUT2D eigenvalue weighted by Crippen LogP contribution is -2.38. The molecule has 1 aliphatic heterocycles. The van der Waals surface area contributed by atoms with Crippen LogP contribution in [0.25, 0.3) is 0 Å². The molecule has 1 aromatic rings. The number of hydrogen-bond donors (Lipinski definition) is 1. The molecule has 0 aliphatic carbocycles. The van der Waals surface area contributed by atoms with Crippen LogP contribution in [0.4, 0.5) is 5.82 Å². The first-order chi connectivity index (χ1) is 8.96. The minimum absolute atomic E-state index is 0.113. The summed E-state index contributed by atoms with van der Waals surface area (Å²) in [6, 6.07) is 0.585. The molecule has 0 spiro atoms. The van der Waals surface area contributed by atoms with Gasteiger partial charge in [0.25, 0.3) is 0 Å². The second-order valence-electron chi connectivity index (χ2n) is 6.51. The van der Waals surface area contributed by atoms with Crippen molar-refractivity contribution in [1.82, 2.24) is 15.3 Å². The molecule has 2 rings (SSSR count). The molecule has 1 fully saturated rings. The second kappa shape index (κ2) is 5.87. The minimum Gasteiger partial charge on any atom is -0.353 e. The third-order valence-electron chi connectivity index (χ3n) is 3.59. The quantitative estimate of drug-likeness (QED) is 0.909. The van der Waals surface area contributed by atoms with E-state index in [-0.39, 0.29) is 5.54 Å². The van der Waals surface area contributed by atoms with Gasteiger partial charge in [0.15, 0.2) is 0 Å². The van der Waals surface area contributed by atoms with Crippen LogP contribution >= 0.6 is 0 Å². The molecular formula is C15H26N4. The van der Waals surface area contributed by atoms with E-state index in [0.717, 1.165) is 24.6 Å². The lowest BCUT2D eigenvalue weighted by molar-refractivity contribution is 0.420. The first-order valence-corrected chi connectivity index (χ1v) is 7.28. The Morgan fingerprint density at radius 1 is 1.26 bits per heavy atom. The molecule has 106 valence electrons. The van der Waals surface area contributed by atoms with Crippen LogP contribution in [0.5, 0.6) is 0 Å². The zero-order valence-electron chi connectivity index (χ0n) is 12.6. The molecule has 0 amide bonds. The van der Waals surface area contributed by atoms with E-state index in [2.05, 4.69) is 47.9 Å². The highest BCUT2D eigenvalue weighted by atomic mass is 15.2. The summed E-state index contributed by atoms with van der Waals surface area (Å²) in [6.45, 7) is 10.6. The third-order valence-corrected chi connectivity index (χ3v) is 3.59. The van der Waals surface area contributed by atoms with E-state index < -0.39 is 0 Å². The molecule has 1 saturated heterocycles. The molecule has 0 saturated carbocycles. The van der Waals surface area contributed by atoms with Gasteiger partial charge in [0, 0.05) is 24.7 Å². The van der Waals surface area contributed by atoms with E-state index >= 15 is 0 Å². The van der Waals surface area contributed by atoms with Crippen molar-refractivity contribution in [2.45, 2.75) is 65.1 Å². The summed E-state index contributed by atoms with van der Waals surface area (Å²) in [6.07, 6.45) is 7.67. The Bertz CT molecular complexity index is 394. The summed E-state index contributed by atoms with van der Waals surface area (Å²) >= 11 is 0. The van der Waals surface area contributed by atoms with E-state index in [1.54, 1.807) is 0 Å². The Balaban J connectivity index is 1.98.